The fourth-order valence-corrected chi connectivity index (χ4v) is 4.68. The van der Waals surface area contributed by atoms with Crippen LogP contribution in [0.25, 0.3) is 0 Å². The van der Waals surface area contributed by atoms with Gasteiger partial charge in [-0.2, -0.15) is 0 Å². The van der Waals surface area contributed by atoms with Gasteiger partial charge in [-0.05, 0) is 49.4 Å². The highest BCUT2D eigenvalue weighted by Gasteiger charge is 2.25. The molecular weight excluding hydrogens is 391 g/mol. The standard InChI is InChI=1S/C18H17FN2O4S2/c1-11-18(23)21-15-10-14(6-7-16(15)26-11)27(24,25)9-8-17(22)20-13-4-2-12(19)3-5-13/h2-7,10-11H,8-9H2,1H3,(H,20,22)(H,21,23)/t11-/m1/s1. The van der Waals surface area contributed by atoms with Crippen molar-refractivity contribution in [1.29, 1.82) is 0 Å². The van der Waals surface area contributed by atoms with Gasteiger partial charge in [0.1, 0.15) is 5.82 Å². The molecule has 0 spiro atoms. The van der Waals surface area contributed by atoms with Crippen molar-refractivity contribution < 1.29 is 22.4 Å². The zero-order chi connectivity index (χ0) is 19.6. The normalized spacial score (nSPS) is 16.4. The van der Waals surface area contributed by atoms with Gasteiger partial charge in [-0.1, -0.05) is 0 Å². The molecule has 1 heterocycles. The molecule has 1 aliphatic rings. The van der Waals surface area contributed by atoms with Gasteiger partial charge in [-0.15, -0.1) is 11.8 Å². The van der Waals surface area contributed by atoms with Gasteiger partial charge in [0.25, 0.3) is 0 Å². The Morgan fingerprint density at radius 1 is 1.22 bits per heavy atom. The first-order chi connectivity index (χ1) is 12.7. The number of carbonyl (C=O) groups is 2. The summed E-state index contributed by atoms with van der Waals surface area (Å²) in [5, 5.41) is 4.97. The van der Waals surface area contributed by atoms with E-state index in [0.717, 1.165) is 4.90 Å². The highest BCUT2D eigenvalue weighted by molar-refractivity contribution is 8.01. The SMILES string of the molecule is C[C@H]1Sc2ccc(S(=O)(=O)CCC(=O)Nc3ccc(F)cc3)cc2NC1=O. The largest absolute Gasteiger partial charge is 0.326 e. The lowest BCUT2D eigenvalue weighted by Crippen LogP contribution is -2.26. The Hall–Kier alpha value is -2.39. The van der Waals surface area contributed by atoms with Crippen LogP contribution in [0.2, 0.25) is 0 Å². The molecule has 0 saturated carbocycles. The monoisotopic (exact) mass is 408 g/mol. The van der Waals surface area contributed by atoms with Crippen molar-refractivity contribution in [3.05, 3.63) is 48.3 Å². The highest BCUT2D eigenvalue weighted by Crippen LogP contribution is 2.36. The number of benzene rings is 2. The fourth-order valence-electron chi connectivity index (χ4n) is 2.48. The molecule has 6 nitrogen and oxygen atoms in total. The number of carbonyl (C=O) groups excluding carboxylic acids is 2. The van der Waals surface area contributed by atoms with E-state index in [4.69, 9.17) is 0 Å². The van der Waals surface area contributed by atoms with Crippen LogP contribution < -0.4 is 10.6 Å². The zero-order valence-electron chi connectivity index (χ0n) is 14.4. The van der Waals surface area contributed by atoms with E-state index >= 15 is 0 Å². The number of thioether (sulfide) groups is 1. The second kappa shape index (κ2) is 7.69. The number of halogens is 1. The summed E-state index contributed by atoms with van der Waals surface area (Å²) >= 11 is 1.36. The maximum absolute atomic E-state index is 12.9. The van der Waals surface area contributed by atoms with Gasteiger partial charge < -0.3 is 10.6 Å². The fraction of sp³-hybridized carbons (Fsp3) is 0.222. The Bertz CT molecular complexity index is 991. The number of sulfone groups is 1. The van der Waals surface area contributed by atoms with Crippen LogP contribution in [0.5, 0.6) is 0 Å². The molecule has 0 aliphatic carbocycles. The van der Waals surface area contributed by atoms with Gasteiger partial charge >= 0.3 is 0 Å². The third-order valence-electron chi connectivity index (χ3n) is 3.97. The molecule has 3 rings (SSSR count). The first-order valence-corrected chi connectivity index (χ1v) is 10.7. The molecule has 0 bridgehead atoms. The van der Waals surface area contributed by atoms with E-state index in [0.29, 0.717) is 11.4 Å². The average molecular weight is 408 g/mol. The number of amides is 2. The van der Waals surface area contributed by atoms with Crippen molar-refractivity contribution in [3.8, 4) is 0 Å². The summed E-state index contributed by atoms with van der Waals surface area (Å²) in [6, 6.07) is 9.74. The molecule has 0 radical (unpaired) electrons. The molecule has 1 atom stereocenters. The lowest BCUT2D eigenvalue weighted by Gasteiger charge is -2.21. The second-order valence-electron chi connectivity index (χ2n) is 6.03. The maximum Gasteiger partial charge on any atom is 0.237 e. The number of fused-ring (bicyclic) bond motifs is 1. The Balaban J connectivity index is 1.66. The van der Waals surface area contributed by atoms with Gasteiger partial charge in [0.15, 0.2) is 9.84 Å². The molecule has 0 fully saturated rings. The van der Waals surface area contributed by atoms with Crippen molar-refractivity contribution in [2.75, 3.05) is 16.4 Å². The van der Waals surface area contributed by atoms with Crippen molar-refractivity contribution in [2.24, 2.45) is 0 Å². The molecule has 1 aliphatic heterocycles. The van der Waals surface area contributed by atoms with E-state index in [-0.39, 0.29) is 28.2 Å². The number of nitrogens with one attached hydrogen (secondary N) is 2. The number of rotatable bonds is 5. The summed E-state index contributed by atoms with van der Waals surface area (Å²) in [6.07, 6.45) is -0.241. The van der Waals surface area contributed by atoms with E-state index < -0.39 is 21.6 Å². The van der Waals surface area contributed by atoms with Crippen molar-refractivity contribution in [3.63, 3.8) is 0 Å². The van der Waals surface area contributed by atoms with Crippen LogP contribution in [-0.4, -0.2) is 31.2 Å². The second-order valence-corrected chi connectivity index (χ2v) is 9.52. The third-order valence-corrected chi connectivity index (χ3v) is 6.86. The molecule has 142 valence electrons. The van der Waals surface area contributed by atoms with Gasteiger partial charge in [0, 0.05) is 17.0 Å². The van der Waals surface area contributed by atoms with Crippen molar-refractivity contribution in [1.82, 2.24) is 0 Å². The van der Waals surface area contributed by atoms with E-state index in [1.807, 2.05) is 0 Å². The Morgan fingerprint density at radius 2 is 1.93 bits per heavy atom. The molecule has 2 aromatic carbocycles. The van der Waals surface area contributed by atoms with Gasteiger partial charge in [-0.25, -0.2) is 12.8 Å². The van der Waals surface area contributed by atoms with Crippen LogP contribution in [0.3, 0.4) is 0 Å². The summed E-state index contributed by atoms with van der Waals surface area (Å²) in [5.41, 5.74) is 0.848. The van der Waals surface area contributed by atoms with Crippen LogP contribution in [0, 0.1) is 5.82 Å². The van der Waals surface area contributed by atoms with Gasteiger partial charge in [0.2, 0.25) is 11.8 Å². The first kappa shape index (κ1) is 19.4. The summed E-state index contributed by atoms with van der Waals surface area (Å²) in [7, 11) is -3.70. The van der Waals surface area contributed by atoms with Crippen LogP contribution in [0.15, 0.2) is 52.3 Å². The first-order valence-electron chi connectivity index (χ1n) is 8.14. The Morgan fingerprint density at radius 3 is 2.63 bits per heavy atom. The minimum Gasteiger partial charge on any atom is -0.326 e. The van der Waals surface area contributed by atoms with Crippen LogP contribution in [0.1, 0.15) is 13.3 Å². The van der Waals surface area contributed by atoms with Crippen molar-refractivity contribution >= 4 is 44.8 Å². The minimum atomic E-state index is -3.70. The molecule has 0 saturated heterocycles. The highest BCUT2D eigenvalue weighted by atomic mass is 32.2. The van der Waals surface area contributed by atoms with Gasteiger partial charge in [-0.3, -0.25) is 9.59 Å². The molecular formula is C18H17FN2O4S2. The smallest absolute Gasteiger partial charge is 0.237 e. The van der Waals surface area contributed by atoms with E-state index in [9.17, 15) is 22.4 Å². The summed E-state index contributed by atoms with van der Waals surface area (Å²) < 4.78 is 37.9. The Labute approximate surface area is 160 Å². The molecule has 2 aromatic rings. The minimum absolute atomic E-state index is 0.0475. The lowest BCUT2D eigenvalue weighted by atomic mass is 10.3. The molecule has 27 heavy (non-hydrogen) atoms. The predicted molar refractivity (Wildman–Crippen MR) is 102 cm³/mol. The molecule has 0 unspecified atom stereocenters. The molecule has 2 N–H and O–H groups in total. The van der Waals surface area contributed by atoms with E-state index in [1.54, 1.807) is 13.0 Å². The van der Waals surface area contributed by atoms with Crippen molar-refractivity contribution in [2.45, 2.75) is 28.4 Å². The van der Waals surface area contributed by atoms with Crippen LogP contribution in [-0.2, 0) is 19.4 Å². The van der Waals surface area contributed by atoms with Gasteiger partial charge in [0.05, 0.1) is 21.6 Å². The molecule has 9 heteroatoms. The maximum atomic E-state index is 12.9. The topological polar surface area (TPSA) is 92.3 Å². The number of anilines is 2. The summed E-state index contributed by atoms with van der Waals surface area (Å²) in [4.78, 5) is 24.6. The quantitative estimate of drug-likeness (QED) is 0.793. The molecule has 0 aromatic heterocycles. The van der Waals surface area contributed by atoms with E-state index in [1.165, 1.54) is 48.2 Å². The Kier molecular flexibility index (Phi) is 5.52. The zero-order valence-corrected chi connectivity index (χ0v) is 16.0. The summed E-state index contributed by atoms with van der Waals surface area (Å²) in [5.74, 6) is -1.47. The summed E-state index contributed by atoms with van der Waals surface area (Å²) in [6.45, 7) is 1.77. The number of hydrogen-bond donors (Lipinski definition) is 2. The average Bonchev–Trinajstić information content (AvgIpc) is 2.62. The number of hydrogen-bond acceptors (Lipinski definition) is 5. The molecule has 2 amide bonds. The third kappa shape index (κ3) is 4.67. The predicted octanol–water partition coefficient (Wildman–Crippen LogP) is 3.06. The lowest BCUT2D eigenvalue weighted by molar-refractivity contribution is -0.116. The van der Waals surface area contributed by atoms with E-state index in [2.05, 4.69) is 10.6 Å². The van der Waals surface area contributed by atoms with Crippen LogP contribution in [0.4, 0.5) is 15.8 Å². The van der Waals surface area contributed by atoms with Crippen LogP contribution >= 0.6 is 11.8 Å².